The van der Waals surface area contributed by atoms with E-state index in [9.17, 15) is 9.59 Å². The molecule has 1 aliphatic rings. The summed E-state index contributed by atoms with van der Waals surface area (Å²) in [6.07, 6.45) is -0.588. The van der Waals surface area contributed by atoms with Gasteiger partial charge in [0.05, 0.1) is 28.0 Å². The van der Waals surface area contributed by atoms with E-state index in [0.29, 0.717) is 12.0 Å². The maximum atomic E-state index is 13.8. The standard InChI is InChI=1S/C31H25N3O3S/c1-3-26(30(35)34-24-8-4-6-10-27(24)38-28-11-7-5-9-25(28)34)37-31(36)21-16-17-22-23(18-21)33-29(32-22)20-14-12-19(2)13-15-20/h4-18,26H,3H2,1-2H3,(H,32,33). The molecule has 7 heteroatoms. The largest absolute Gasteiger partial charge is 0.449 e. The van der Waals surface area contributed by atoms with E-state index in [-0.39, 0.29) is 5.91 Å². The zero-order valence-electron chi connectivity index (χ0n) is 21.0. The zero-order chi connectivity index (χ0) is 26.2. The molecule has 6 nitrogen and oxygen atoms in total. The van der Waals surface area contributed by atoms with Gasteiger partial charge in [-0.3, -0.25) is 9.69 Å². The van der Waals surface area contributed by atoms with Crippen molar-refractivity contribution in [2.45, 2.75) is 36.2 Å². The van der Waals surface area contributed by atoms with Gasteiger partial charge < -0.3 is 9.72 Å². The molecular weight excluding hydrogens is 494 g/mol. The number of carbonyl (C=O) groups is 2. The van der Waals surface area contributed by atoms with E-state index in [1.807, 2.05) is 86.6 Å². The molecule has 0 saturated heterocycles. The van der Waals surface area contributed by atoms with E-state index >= 15 is 0 Å². The van der Waals surface area contributed by atoms with Gasteiger partial charge in [0.1, 0.15) is 5.82 Å². The van der Waals surface area contributed by atoms with Crippen LogP contribution in [0.5, 0.6) is 0 Å². The van der Waals surface area contributed by atoms with Crippen LogP contribution in [0.1, 0.15) is 29.3 Å². The number of anilines is 2. The van der Waals surface area contributed by atoms with E-state index < -0.39 is 12.1 Å². The summed E-state index contributed by atoms with van der Waals surface area (Å²) < 4.78 is 5.81. The maximum absolute atomic E-state index is 13.8. The molecule has 1 aromatic heterocycles. The fourth-order valence-corrected chi connectivity index (χ4v) is 5.63. The van der Waals surface area contributed by atoms with Crippen LogP contribution in [0.4, 0.5) is 11.4 Å². The van der Waals surface area contributed by atoms with Gasteiger partial charge in [-0.05, 0) is 55.8 Å². The molecule has 1 aliphatic heterocycles. The number of H-pyrrole nitrogens is 1. The first-order valence-corrected chi connectivity index (χ1v) is 13.3. The number of nitrogens with zero attached hydrogens (tertiary/aromatic N) is 2. The number of ether oxygens (including phenoxy) is 1. The Balaban J connectivity index is 1.27. The van der Waals surface area contributed by atoms with Crippen LogP contribution in [0.3, 0.4) is 0 Å². The first-order valence-electron chi connectivity index (χ1n) is 12.5. The van der Waals surface area contributed by atoms with Crippen LogP contribution in [0.15, 0.2) is 101 Å². The van der Waals surface area contributed by atoms with Crippen molar-refractivity contribution in [1.29, 1.82) is 0 Å². The molecule has 188 valence electrons. The lowest BCUT2D eigenvalue weighted by atomic mass is 10.1. The molecular formula is C31H25N3O3S. The van der Waals surface area contributed by atoms with Crippen LogP contribution < -0.4 is 4.90 Å². The minimum atomic E-state index is -0.938. The molecule has 1 unspecified atom stereocenters. The number of benzene rings is 4. The Morgan fingerprint density at radius 1 is 0.921 bits per heavy atom. The molecule has 0 fully saturated rings. The number of fused-ring (bicyclic) bond motifs is 3. The van der Waals surface area contributed by atoms with E-state index in [1.54, 1.807) is 34.9 Å². The number of aryl methyl sites for hydroxylation is 1. The van der Waals surface area contributed by atoms with Crippen LogP contribution in [0.25, 0.3) is 22.4 Å². The van der Waals surface area contributed by atoms with E-state index in [2.05, 4.69) is 9.97 Å². The summed E-state index contributed by atoms with van der Waals surface area (Å²) in [6.45, 7) is 3.88. The number of para-hydroxylation sites is 2. The molecule has 0 bridgehead atoms. The molecule has 1 amide bonds. The summed E-state index contributed by atoms with van der Waals surface area (Å²) in [6, 6.07) is 28.8. The summed E-state index contributed by atoms with van der Waals surface area (Å²) in [7, 11) is 0. The van der Waals surface area contributed by atoms with Crippen LogP contribution in [-0.2, 0) is 9.53 Å². The van der Waals surface area contributed by atoms with Gasteiger partial charge in [0.2, 0.25) is 0 Å². The minimum Gasteiger partial charge on any atom is -0.449 e. The Bertz CT molecular complexity index is 1630. The number of amides is 1. The van der Waals surface area contributed by atoms with Crippen molar-refractivity contribution in [2.24, 2.45) is 0 Å². The molecule has 1 atom stereocenters. The lowest BCUT2D eigenvalue weighted by Gasteiger charge is -2.33. The highest BCUT2D eigenvalue weighted by Gasteiger charge is 2.34. The second kappa shape index (κ2) is 9.84. The van der Waals surface area contributed by atoms with Gasteiger partial charge in [0, 0.05) is 15.4 Å². The van der Waals surface area contributed by atoms with Crippen molar-refractivity contribution in [3.8, 4) is 11.4 Å². The Morgan fingerprint density at radius 2 is 1.58 bits per heavy atom. The number of aromatic nitrogens is 2. The number of imidazole rings is 1. The average Bonchev–Trinajstić information content (AvgIpc) is 3.38. The van der Waals surface area contributed by atoms with Gasteiger partial charge in [-0.1, -0.05) is 72.8 Å². The number of hydrogen-bond acceptors (Lipinski definition) is 5. The molecule has 5 aromatic rings. The van der Waals surface area contributed by atoms with Gasteiger partial charge in [-0.2, -0.15) is 0 Å². The molecule has 0 saturated carbocycles. The average molecular weight is 520 g/mol. The fraction of sp³-hybridized carbons (Fsp3) is 0.129. The Kier molecular flexibility index (Phi) is 6.21. The number of nitrogens with one attached hydrogen (secondary N) is 1. The second-order valence-electron chi connectivity index (χ2n) is 9.20. The highest BCUT2D eigenvalue weighted by atomic mass is 32.2. The van der Waals surface area contributed by atoms with Crippen molar-refractivity contribution in [1.82, 2.24) is 9.97 Å². The third-order valence-corrected chi connectivity index (χ3v) is 7.72. The Labute approximate surface area is 224 Å². The van der Waals surface area contributed by atoms with Gasteiger partial charge in [-0.25, -0.2) is 9.78 Å². The summed E-state index contributed by atoms with van der Waals surface area (Å²) in [5, 5.41) is 0. The van der Waals surface area contributed by atoms with Crippen molar-refractivity contribution in [3.05, 3.63) is 102 Å². The second-order valence-corrected chi connectivity index (χ2v) is 10.3. The first-order chi connectivity index (χ1) is 18.5. The summed E-state index contributed by atoms with van der Waals surface area (Å²) in [5.41, 5.74) is 5.55. The number of hydrogen-bond donors (Lipinski definition) is 1. The Hall–Kier alpha value is -4.36. The highest BCUT2D eigenvalue weighted by molar-refractivity contribution is 7.99. The molecule has 6 rings (SSSR count). The van der Waals surface area contributed by atoms with Gasteiger partial charge >= 0.3 is 5.97 Å². The molecule has 38 heavy (non-hydrogen) atoms. The normalized spacial score (nSPS) is 13.1. The molecule has 0 radical (unpaired) electrons. The van der Waals surface area contributed by atoms with Crippen LogP contribution in [0, 0.1) is 6.92 Å². The molecule has 0 aliphatic carbocycles. The van der Waals surface area contributed by atoms with Gasteiger partial charge in [-0.15, -0.1) is 0 Å². The summed E-state index contributed by atoms with van der Waals surface area (Å²) in [4.78, 5) is 38.6. The number of rotatable bonds is 5. The van der Waals surface area contributed by atoms with Crippen LogP contribution in [0.2, 0.25) is 0 Å². The Morgan fingerprint density at radius 3 is 2.24 bits per heavy atom. The summed E-state index contributed by atoms with van der Waals surface area (Å²) in [5.74, 6) is -0.0932. The van der Waals surface area contributed by atoms with Crippen LogP contribution in [-0.4, -0.2) is 27.9 Å². The monoisotopic (exact) mass is 519 g/mol. The third-order valence-electron chi connectivity index (χ3n) is 6.59. The lowest BCUT2D eigenvalue weighted by Crippen LogP contribution is -2.39. The number of carbonyl (C=O) groups excluding carboxylic acids is 2. The van der Waals surface area contributed by atoms with Crippen LogP contribution >= 0.6 is 11.8 Å². The SMILES string of the molecule is CCC(OC(=O)c1ccc2nc(-c3ccc(C)cc3)[nH]c2c1)C(=O)N1c2ccccc2Sc2ccccc21. The fourth-order valence-electron chi connectivity index (χ4n) is 4.58. The number of aromatic amines is 1. The van der Waals surface area contributed by atoms with E-state index in [4.69, 9.17) is 4.74 Å². The molecule has 2 heterocycles. The van der Waals surface area contributed by atoms with E-state index in [1.165, 1.54) is 5.56 Å². The van der Waals surface area contributed by atoms with Crippen molar-refractivity contribution < 1.29 is 14.3 Å². The minimum absolute atomic E-state index is 0.273. The third kappa shape index (κ3) is 4.35. The smallest absolute Gasteiger partial charge is 0.338 e. The summed E-state index contributed by atoms with van der Waals surface area (Å²) >= 11 is 1.62. The molecule has 4 aromatic carbocycles. The van der Waals surface area contributed by atoms with Crippen molar-refractivity contribution in [3.63, 3.8) is 0 Å². The predicted octanol–water partition coefficient (Wildman–Crippen LogP) is 7.30. The van der Waals surface area contributed by atoms with E-state index in [0.717, 1.165) is 43.6 Å². The topological polar surface area (TPSA) is 75.3 Å². The zero-order valence-corrected chi connectivity index (χ0v) is 21.8. The first kappa shape index (κ1) is 24.0. The quantitative estimate of drug-likeness (QED) is 0.247. The molecule has 0 spiro atoms. The maximum Gasteiger partial charge on any atom is 0.338 e. The van der Waals surface area contributed by atoms with Gasteiger partial charge in [0.25, 0.3) is 5.91 Å². The lowest BCUT2D eigenvalue weighted by molar-refractivity contribution is -0.126. The van der Waals surface area contributed by atoms with Crippen molar-refractivity contribution >= 4 is 46.0 Å². The van der Waals surface area contributed by atoms with Crippen molar-refractivity contribution in [2.75, 3.05) is 4.90 Å². The predicted molar refractivity (Wildman–Crippen MR) is 150 cm³/mol. The van der Waals surface area contributed by atoms with Gasteiger partial charge in [0.15, 0.2) is 6.10 Å². The highest BCUT2D eigenvalue weighted by Crippen LogP contribution is 2.48. The number of esters is 1. The molecule has 1 N–H and O–H groups in total.